The Kier molecular flexibility index (Phi) is 8.43. The third-order valence-electron chi connectivity index (χ3n) is 3.90. The highest BCUT2D eigenvalue weighted by atomic mass is 35.5. The number of thiocarbonyl (C=S) groups is 1. The molecule has 10 heteroatoms. The van der Waals surface area contributed by atoms with Gasteiger partial charge in [0.2, 0.25) is 6.41 Å². The summed E-state index contributed by atoms with van der Waals surface area (Å²) < 4.78 is 6.15. The molecule has 2 aromatic rings. The van der Waals surface area contributed by atoms with Crippen molar-refractivity contribution in [2.75, 3.05) is 5.32 Å². The summed E-state index contributed by atoms with van der Waals surface area (Å²) in [5, 5.41) is 3.87. The minimum atomic E-state index is -0.754. The van der Waals surface area contributed by atoms with Crippen LogP contribution in [0.5, 0.6) is 5.75 Å². The highest BCUT2D eigenvalue weighted by molar-refractivity contribution is 8.20. The van der Waals surface area contributed by atoms with Crippen molar-refractivity contribution in [2.45, 2.75) is 33.2 Å². The first-order valence-corrected chi connectivity index (χ1v) is 10.7. The van der Waals surface area contributed by atoms with Crippen LogP contribution in [0.2, 0.25) is 5.02 Å². The Morgan fingerprint density at radius 3 is 2.45 bits per heavy atom. The molecule has 0 spiro atoms. The molecule has 0 bridgehead atoms. The topological polar surface area (TPSA) is 87.7 Å². The number of hydrogen-bond donors (Lipinski definition) is 2. The molecule has 0 aromatic heterocycles. The largest absolute Gasteiger partial charge is 0.419 e. The van der Waals surface area contributed by atoms with Crippen molar-refractivity contribution in [3.8, 4) is 5.75 Å². The van der Waals surface area contributed by atoms with Gasteiger partial charge in [-0.25, -0.2) is 5.01 Å². The highest BCUT2D eigenvalue weighted by Crippen LogP contribution is 2.27. The number of carbonyl (C=O) groups excluding carboxylic acids is 3. The van der Waals surface area contributed by atoms with E-state index in [1.807, 2.05) is 0 Å². The van der Waals surface area contributed by atoms with Gasteiger partial charge in [-0.05, 0) is 58.0 Å². The number of benzene rings is 2. The van der Waals surface area contributed by atoms with Gasteiger partial charge in [0.15, 0.2) is 5.75 Å². The first-order chi connectivity index (χ1) is 14.5. The smallest absolute Gasteiger partial charge is 0.276 e. The predicted octanol–water partition coefficient (Wildman–Crippen LogP) is 4.87. The Labute approximate surface area is 195 Å². The zero-order valence-corrected chi connectivity index (χ0v) is 19.8. The molecular weight excluding hydrogens is 458 g/mol. The van der Waals surface area contributed by atoms with Crippen LogP contribution in [-0.4, -0.2) is 33.0 Å². The second-order valence-corrected chi connectivity index (χ2v) is 9.59. The molecular formula is C21H22ClN3O4S2. The van der Waals surface area contributed by atoms with E-state index in [1.165, 1.54) is 23.2 Å². The molecule has 0 heterocycles. The molecule has 0 saturated heterocycles. The van der Waals surface area contributed by atoms with Crippen LogP contribution in [0, 0.1) is 0 Å². The second-order valence-electron chi connectivity index (χ2n) is 7.36. The van der Waals surface area contributed by atoms with Crippen LogP contribution in [0.1, 0.15) is 48.4 Å². The van der Waals surface area contributed by atoms with Crippen molar-refractivity contribution in [1.82, 2.24) is 10.4 Å². The number of nitrogens with zero attached hydrogens (tertiary/aromatic N) is 1. The van der Waals surface area contributed by atoms with Crippen LogP contribution in [0.15, 0.2) is 42.5 Å². The second kappa shape index (κ2) is 10.6. The lowest BCUT2D eigenvalue weighted by molar-refractivity contribution is -0.105. The monoisotopic (exact) mass is 479 g/mol. The summed E-state index contributed by atoms with van der Waals surface area (Å²) in [7, 11) is 0. The summed E-state index contributed by atoms with van der Waals surface area (Å²) in [6.07, 6.45) is 0.490. The lowest BCUT2D eigenvalue weighted by Crippen LogP contribution is -2.55. The normalized spacial score (nSPS) is 10.7. The standard InChI is InChI=1S/C21H22ClN3O4S2/c1-13(30)31-29-18-8-6-5-7-15(18)20(28)25(21(2,3)4)24-19(27)14-9-10-17(23-12-26)16(22)11-14/h5-12H,1-4H3,(H,23,26)(H,24,27). The average Bonchev–Trinajstić information content (AvgIpc) is 2.70. The van der Waals surface area contributed by atoms with E-state index in [2.05, 4.69) is 10.7 Å². The van der Waals surface area contributed by atoms with Gasteiger partial charge in [-0.3, -0.25) is 19.8 Å². The summed E-state index contributed by atoms with van der Waals surface area (Å²) in [4.78, 5) is 36.8. The van der Waals surface area contributed by atoms with Crippen LogP contribution in [-0.2, 0) is 4.79 Å². The molecule has 0 unspecified atom stereocenters. The Balaban J connectivity index is 2.32. The summed E-state index contributed by atoms with van der Waals surface area (Å²) in [5.41, 5.74) is 2.76. The summed E-state index contributed by atoms with van der Waals surface area (Å²) in [5.74, 6) is -0.660. The van der Waals surface area contributed by atoms with E-state index in [0.29, 0.717) is 22.0 Å². The lowest BCUT2D eigenvalue weighted by atomic mass is 10.1. The molecule has 3 amide bonds. The van der Waals surface area contributed by atoms with Crippen LogP contribution in [0.4, 0.5) is 5.69 Å². The molecule has 0 atom stereocenters. The van der Waals surface area contributed by atoms with Gasteiger partial charge >= 0.3 is 0 Å². The highest BCUT2D eigenvalue weighted by Gasteiger charge is 2.31. The predicted molar refractivity (Wildman–Crippen MR) is 127 cm³/mol. The van der Waals surface area contributed by atoms with Gasteiger partial charge in [0.25, 0.3) is 11.8 Å². The minimum Gasteiger partial charge on any atom is -0.419 e. The van der Waals surface area contributed by atoms with Crippen LogP contribution in [0.25, 0.3) is 0 Å². The SMILES string of the molecule is CC(=S)SOc1ccccc1C(=O)N(NC(=O)c1ccc(NC=O)c(Cl)c1)C(C)(C)C. The van der Waals surface area contributed by atoms with Crippen molar-refractivity contribution in [3.05, 3.63) is 58.6 Å². The van der Waals surface area contributed by atoms with Crippen molar-refractivity contribution in [2.24, 2.45) is 0 Å². The number of anilines is 1. The lowest BCUT2D eigenvalue weighted by Gasteiger charge is -2.35. The van der Waals surface area contributed by atoms with Gasteiger partial charge in [-0.15, -0.1) is 0 Å². The summed E-state index contributed by atoms with van der Waals surface area (Å²) >= 11 is 12.1. The van der Waals surface area contributed by atoms with Gasteiger partial charge in [-0.2, -0.15) is 0 Å². The maximum absolute atomic E-state index is 13.3. The Morgan fingerprint density at radius 1 is 1.19 bits per heavy atom. The number of para-hydroxylation sites is 1. The first kappa shape index (κ1) is 24.6. The Bertz CT molecular complexity index is 1010. The third-order valence-corrected chi connectivity index (χ3v) is 4.91. The van der Waals surface area contributed by atoms with Gasteiger partial charge < -0.3 is 9.50 Å². The molecule has 2 aromatic carbocycles. The maximum atomic E-state index is 13.3. The van der Waals surface area contributed by atoms with Crippen LogP contribution < -0.4 is 14.9 Å². The van der Waals surface area contributed by atoms with Gasteiger partial charge in [0.05, 0.1) is 38.1 Å². The fraction of sp³-hybridized carbons (Fsp3) is 0.238. The third kappa shape index (κ3) is 6.68. The molecule has 2 rings (SSSR count). The van der Waals surface area contributed by atoms with Gasteiger partial charge in [-0.1, -0.05) is 36.0 Å². The van der Waals surface area contributed by atoms with Gasteiger partial charge in [0.1, 0.15) is 0 Å². The van der Waals surface area contributed by atoms with E-state index in [1.54, 1.807) is 52.0 Å². The molecule has 0 saturated carbocycles. The minimum absolute atomic E-state index is 0.194. The molecule has 0 aliphatic rings. The first-order valence-electron chi connectivity index (χ1n) is 9.14. The zero-order chi connectivity index (χ0) is 23.2. The number of rotatable bonds is 6. The molecule has 0 fully saturated rings. The number of nitrogens with one attached hydrogen (secondary N) is 2. The van der Waals surface area contributed by atoms with Gasteiger partial charge in [0, 0.05) is 5.56 Å². The quantitative estimate of drug-likeness (QED) is 0.266. The van der Waals surface area contributed by atoms with Crippen LogP contribution >= 0.6 is 35.9 Å². The average molecular weight is 480 g/mol. The number of halogens is 1. The number of amides is 3. The van der Waals surface area contributed by atoms with Crippen molar-refractivity contribution in [1.29, 1.82) is 0 Å². The van der Waals surface area contributed by atoms with Crippen molar-refractivity contribution in [3.63, 3.8) is 0 Å². The van der Waals surface area contributed by atoms with E-state index in [9.17, 15) is 14.4 Å². The molecule has 0 radical (unpaired) electrons. The molecule has 31 heavy (non-hydrogen) atoms. The van der Waals surface area contributed by atoms with Crippen LogP contribution in [0.3, 0.4) is 0 Å². The maximum Gasteiger partial charge on any atom is 0.276 e. The molecule has 164 valence electrons. The number of carbonyl (C=O) groups is 3. The summed E-state index contributed by atoms with van der Waals surface area (Å²) in [6.45, 7) is 7.07. The number of hydrogen-bond acceptors (Lipinski definition) is 6. The molecule has 0 aliphatic heterocycles. The molecule has 7 nitrogen and oxygen atoms in total. The Morgan fingerprint density at radius 2 is 1.87 bits per heavy atom. The fourth-order valence-corrected chi connectivity index (χ4v) is 3.16. The zero-order valence-electron chi connectivity index (χ0n) is 17.4. The van der Waals surface area contributed by atoms with Crippen molar-refractivity contribution >= 4 is 64.0 Å². The van der Waals surface area contributed by atoms with Crippen molar-refractivity contribution < 1.29 is 18.6 Å². The van der Waals surface area contributed by atoms with E-state index < -0.39 is 17.4 Å². The summed E-state index contributed by atoms with van der Waals surface area (Å²) in [6, 6.07) is 11.1. The molecule has 2 N–H and O–H groups in total. The van der Waals surface area contributed by atoms with E-state index >= 15 is 0 Å². The van der Waals surface area contributed by atoms with E-state index in [0.717, 1.165) is 12.0 Å². The fourth-order valence-electron chi connectivity index (χ4n) is 2.47. The Hall–Kier alpha value is -2.62. The van der Waals surface area contributed by atoms with E-state index in [4.69, 9.17) is 28.0 Å². The van der Waals surface area contributed by atoms with E-state index in [-0.39, 0.29) is 16.1 Å². The molecule has 0 aliphatic carbocycles. The number of hydrazine groups is 1.